The molecule has 5 heterocycles. The van der Waals surface area contributed by atoms with E-state index in [9.17, 15) is 14.0 Å². The predicted molar refractivity (Wildman–Crippen MR) is 146 cm³/mol. The molecule has 40 heavy (non-hydrogen) atoms. The second-order valence-electron chi connectivity index (χ2n) is 9.85. The first-order valence-electron chi connectivity index (χ1n) is 13.0. The topological polar surface area (TPSA) is 124 Å². The summed E-state index contributed by atoms with van der Waals surface area (Å²) in [4.78, 5) is 22.8. The van der Waals surface area contributed by atoms with Gasteiger partial charge in [0.2, 0.25) is 0 Å². The molecule has 12 heteroatoms. The third-order valence-electron chi connectivity index (χ3n) is 7.49. The Labute approximate surface area is 228 Å². The van der Waals surface area contributed by atoms with E-state index in [1.54, 1.807) is 6.20 Å². The van der Waals surface area contributed by atoms with E-state index in [-0.39, 0.29) is 17.6 Å². The molecular formula is C28H26F2N10. The van der Waals surface area contributed by atoms with Crippen LogP contribution in [0.4, 0.5) is 26.1 Å². The van der Waals surface area contributed by atoms with Crippen LogP contribution in [0.2, 0.25) is 0 Å². The van der Waals surface area contributed by atoms with Crippen LogP contribution >= 0.6 is 0 Å². The number of hydrogen-bond acceptors (Lipinski definition) is 8. The smallest absolute Gasteiger partial charge is 0.149 e. The van der Waals surface area contributed by atoms with Gasteiger partial charge in [0.05, 0.1) is 36.1 Å². The number of hydrogen-bond donors (Lipinski definition) is 2. The molecule has 2 N–H and O–H groups in total. The number of nitriles is 1. The Balaban J connectivity index is 1.17. The molecule has 1 aromatic carbocycles. The molecule has 0 spiro atoms. The molecule has 1 fully saturated rings. The summed E-state index contributed by atoms with van der Waals surface area (Å²) in [5.41, 5.74) is 3.36. The van der Waals surface area contributed by atoms with Gasteiger partial charge in [0.25, 0.3) is 0 Å². The van der Waals surface area contributed by atoms with Crippen molar-refractivity contribution in [2.45, 2.75) is 32.2 Å². The van der Waals surface area contributed by atoms with Crippen LogP contribution in [0.1, 0.15) is 30.9 Å². The number of aromatic nitrogens is 7. The van der Waals surface area contributed by atoms with Crippen molar-refractivity contribution in [3.8, 4) is 17.3 Å². The lowest BCUT2D eigenvalue weighted by Crippen LogP contribution is -2.37. The van der Waals surface area contributed by atoms with E-state index in [1.165, 1.54) is 24.8 Å². The van der Waals surface area contributed by atoms with Gasteiger partial charge in [-0.2, -0.15) is 10.4 Å². The number of fused-ring (bicyclic) bond motifs is 1. The highest BCUT2D eigenvalue weighted by atomic mass is 19.1. The van der Waals surface area contributed by atoms with Crippen molar-refractivity contribution in [2.75, 3.05) is 23.3 Å². The fourth-order valence-electron chi connectivity index (χ4n) is 5.41. The normalized spacial score (nSPS) is 14.8. The maximum atomic E-state index is 14.2. The van der Waals surface area contributed by atoms with E-state index in [0.29, 0.717) is 12.2 Å². The zero-order valence-electron chi connectivity index (χ0n) is 21.7. The number of nitrogens with zero attached hydrogens (tertiary/aromatic N) is 8. The second kappa shape index (κ2) is 10.7. The molecule has 10 nitrogen and oxygen atoms in total. The SMILES string of the molecule is Cc1c(Nc2ccc(F)cc2F)ncnc1N1CCC(C(CC#N)n2cc(-c3ncnc4[nH]ccc34)cn2)CC1. The van der Waals surface area contributed by atoms with E-state index in [1.807, 2.05) is 30.1 Å². The maximum absolute atomic E-state index is 14.2. The standard InChI is InChI=1S/C28H26F2N10/c1-17-26(38-23-3-2-20(29)12-22(23)30)34-16-36-28(17)39-10-6-18(7-11-39)24(4-8-31)40-14-19(13-37-40)25-21-5-9-32-27(21)35-15-33-25/h2-3,5,9,12-16,18,24H,4,6-7,10-11H2,1H3,(H,32,33,35)(H,34,36,38). The molecule has 0 bridgehead atoms. The quantitative estimate of drug-likeness (QED) is 0.285. The Kier molecular flexibility index (Phi) is 6.77. The molecule has 4 aromatic heterocycles. The first-order chi connectivity index (χ1) is 19.5. The first kappa shape index (κ1) is 25.4. The van der Waals surface area contributed by atoms with Crippen LogP contribution in [-0.4, -0.2) is 47.8 Å². The average Bonchev–Trinajstić information content (AvgIpc) is 3.65. The molecule has 202 valence electrons. The van der Waals surface area contributed by atoms with Crippen molar-refractivity contribution in [3.63, 3.8) is 0 Å². The Hall–Kier alpha value is -4.92. The van der Waals surface area contributed by atoms with Crippen LogP contribution in [-0.2, 0) is 0 Å². The third-order valence-corrected chi connectivity index (χ3v) is 7.49. The molecule has 6 rings (SSSR count). The summed E-state index contributed by atoms with van der Waals surface area (Å²) in [6.45, 7) is 3.35. The first-order valence-corrected chi connectivity index (χ1v) is 13.0. The van der Waals surface area contributed by atoms with Crippen molar-refractivity contribution in [2.24, 2.45) is 5.92 Å². The summed E-state index contributed by atoms with van der Waals surface area (Å²) in [6, 6.07) is 7.58. The minimum Gasteiger partial charge on any atom is -0.356 e. The minimum atomic E-state index is -0.692. The minimum absolute atomic E-state index is 0.0744. The highest BCUT2D eigenvalue weighted by molar-refractivity contribution is 5.90. The number of anilines is 3. The zero-order valence-corrected chi connectivity index (χ0v) is 21.7. The number of benzene rings is 1. The van der Waals surface area contributed by atoms with Gasteiger partial charge in [-0.3, -0.25) is 4.68 Å². The third kappa shape index (κ3) is 4.82. The van der Waals surface area contributed by atoms with Gasteiger partial charge in [-0.05, 0) is 43.9 Å². The van der Waals surface area contributed by atoms with E-state index in [4.69, 9.17) is 0 Å². The molecule has 1 saturated heterocycles. The van der Waals surface area contributed by atoms with Crippen molar-refractivity contribution >= 4 is 28.4 Å². The van der Waals surface area contributed by atoms with Crippen LogP contribution in [0, 0.1) is 35.8 Å². The summed E-state index contributed by atoms with van der Waals surface area (Å²) in [5, 5.41) is 18.1. The van der Waals surface area contributed by atoms with Crippen molar-refractivity contribution in [1.82, 2.24) is 34.7 Å². The molecule has 0 saturated carbocycles. The lowest BCUT2D eigenvalue weighted by Gasteiger charge is -2.36. The Bertz CT molecular complexity index is 1700. The number of aromatic amines is 1. The van der Waals surface area contributed by atoms with Gasteiger partial charge in [0, 0.05) is 48.1 Å². The Morgan fingerprint density at radius 3 is 2.75 bits per heavy atom. The summed E-state index contributed by atoms with van der Waals surface area (Å²) in [7, 11) is 0. The van der Waals surface area contributed by atoms with Gasteiger partial charge in [0.1, 0.15) is 41.6 Å². The number of nitrogens with one attached hydrogen (secondary N) is 2. The average molecular weight is 541 g/mol. The molecule has 1 aliphatic rings. The molecule has 1 atom stereocenters. The lowest BCUT2D eigenvalue weighted by molar-refractivity contribution is 0.260. The number of piperidine rings is 1. The van der Waals surface area contributed by atoms with Gasteiger partial charge in [-0.1, -0.05) is 0 Å². The van der Waals surface area contributed by atoms with Gasteiger partial charge in [-0.25, -0.2) is 28.7 Å². The van der Waals surface area contributed by atoms with Crippen molar-refractivity contribution in [1.29, 1.82) is 5.26 Å². The summed E-state index contributed by atoms with van der Waals surface area (Å²) in [6.07, 6.45) is 10.6. The molecule has 5 aromatic rings. The molecular weight excluding hydrogens is 514 g/mol. The monoisotopic (exact) mass is 540 g/mol. The summed E-state index contributed by atoms with van der Waals surface area (Å²) < 4.78 is 29.4. The van der Waals surface area contributed by atoms with E-state index < -0.39 is 11.6 Å². The predicted octanol–water partition coefficient (Wildman–Crippen LogP) is 5.31. The number of rotatable bonds is 7. The maximum Gasteiger partial charge on any atom is 0.149 e. The fraction of sp³-hybridized carbons (Fsp3) is 0.286. The highest BCUT2D eigenvalue weighted by Crippen LogP contribution is 2.35. The Morgan fingerprint density at radius 2 is 1.95 bits per heavy atom. The second-order valence-corrected chi connectivity index (χ2v) is 9.85. The number of H-pyrrole nitrogens is 1. The molecule has 0 amide bonds. The van der Waals surface area contributed by atoms with Crippen LogP contribution in [0.25, 0.3) is 22.3 Å². The van der Waals surface area contributed by atoms with Crippen molar-refractivity contribution in [3.05, 3.63) is 72.7 Å². The zero-order chi connectivity index (χ0) is 27.6. The van der Waals surface area contributed by atoms with Gasteiger partial charge in [0.15, 0.2) is 0 Å². The van der Waals surface area contributed by atoms with E-state index >= 15 is 0 Å². The van der Waals surface area contributed by atoms with Crippen LogP contribution in [0.3, 0.4) is 0 Å². The van der Waals surface area contributed by atoms with Crippen LogP contribution in [0.5, 0.6) is 0 Å². The van der Waals surface area contributed by atoms with Crippen LogP contribution in [0.15, 0.2) is 55.5 Å². The van der Waals surface area contributed by atoms with Gasteiger partial charge in [-0.15, -0.1) is 0 Å². The molecule has 0 aliphatic carbocycles. The van der Waals surface area contributed by atoms with E-state index in [2.05, 4.69) is 46.3 Å². The highest BCUT2D eigenvalue weighted by Gasteiger charge is 2.30. The van der Waals surface area contributed by atoms with Crippen molar-refractivity contribution < 1.29 is 8.78 Å². The van der Waals surface area contributed by atoms with E-state index in [0.717, 1.165) is 65.7 Å². The fourth-order valence-corrected chi connectivity index (χ4v) is 5.41. The summed E-state index contributed by atoms with van der Waals surface area (Å²) in [5.74, 6) is 0.137. The summed E-state index contributed by atoms with van der Waals surface area (Å²) >= 11 is 0. The number of halogens is 2. The lowest BCUT2D eigenvalue weighted by atomic mass is 9.87. The molecule has 0 radical (unpaired) electrons. The van der Waals surface area contributed by atoms with Gasteiger partial charge < -0.3 is 15.2 Å². The molecule has 1 unspecified atom stereocenters. The largest absolute Gasteiger partial charge is 0.356 e. The van der Waals surface area contributed by atoms with Gasteiger partial charge >= 0.3 is 0 Å². The molecule has 1 aliphatic heterocycles. The van der Waals surface area contributed by atoms with Crippen LogP contribution < -0.4 is 10.2 Å². The Morgan fingerprint density at radius 1 is 1.12 bits per heavy atom.